The van der Waals surface area contributed by atoms with Crippen LogP contribution in [0.2, 0.25) is 5.02 Å². The fourth-order valence-electron chi connectivity index (χ4n) is 5.08. The second-order valence-electron chi connectivity index (χ2n) is 10.8. The first-order chi connectivity index (χ1) is 16.6. The van der Waals surface area contributed by atoms with Crippen LogP contribution < -0.4 is 0 Å². The number of hydrogen-bond acceptors (Lipinski definition) is 4. The van der Waals surface area contributed by atoms with Gasteiger partial charge in [0.25, 0.3) is 0 Å². The first kappa shape index (κ1) is 27.7. The number of amides is 2. The number of rotatable bonds is 10. The first-order valence-electron chi connectivity index (χ1n) is 12.5. The molecule has 0 aliphatic carbocycles. The average molecular weight is 519 g/mol. The summed E-state index contributed by atoms with van der Waals surface area (Å²) in [5.74, 6) is 0.284. The number of hydrogen-bond donors (Lipinski definition) is 0. The molecule has 2 unspecified atom stereocenters. The number of fused-ring (bicyclic) bond motifs is 1. The summed E-state index contributed by atoms with van der Waals surface area (Å²) in [5, 5.41) is 2.77. The van der Waals surface area contributed by atoms with Crippen molar-refractivity contribution >= 4 is 34.8 Å². The Kier molecular flexibility index (Phi) is 9.79. The predicted molar refractivity (Wildman–Crippen MR) is 144 cm³/mol. The van der Waals surface area contributed by atoms with Crippen molar-refractivity contribution in [1.29, 1.82) is 0 Å². The molecule has 1 aliphatic heterocycles. The summed E-state index contributed by atoms with van der Waals surface area (Å²) in [6.07, 6.45) is 2.96. The van der Waals surface area contributed by atoms with Gasteiger partial charge >= 0.3 is 0 Å². The molecule has 7 heteroatoms. The number of carbonyl (C=O) groups is 2. The monoisotopic (exact) mass is 518 g/mol. The van der Waals surface area contributed by atoms with Gasteiger partial charge < -0.3 is 14.5 Å². The summed E-state index contributed by atoms with van der Waals surface area (Å²) in [7, 11) is 1.66. The Morgan fingerprint density at radius 2 is 1.94 bits per heavy atom. The Bertz CT molecular complexity index is 983. The molecule has 0 spiro atoms. The fraction of sp³-hybridized carbons (Fsp3) is 0.571. The Morgan fingerprint density at radius 3 is 2.60 bits per heavy atom. The van der Waals surface area contributed by atoms with Gasteiger partial charge in [0.15, 0.2) is 0 Å². The maximum atomic E-state index is 13.7. The van der Waals surface area contributed by atoms with Crippen molar-refractivity contribution in [1.82, 2.24) is 9.80 Å². The van der Waals surface area contributed by atoms with Crippen molar-refractivity contribution in [2.24, 2.45) is 11.3 Å². The van der Waals surface area contributed by atoms with Gasteiger partial charge in [0.2, 0.25) is 11.8 Å². The van der Waals surface area contributed by atoms with Gasteiger partial charge in [-0.2, -0.15) is 0 Å². The molecule has 2 amide bonds. The van der Waals surface area contributed by atoms with Crippen LogP contribution in [0, 0.1) is 11.3 Å². The zero-order chi connectivity index (χ0) is 25.6. The Hall–Kier alpha value is -1.89. The second kappa shape index (κ2) is 12.4. The molecule has 1 aromatic carbocycles. The molecule has 35 heavy (non-hydrogen) atoms. The smallest absolute Gasteiger partial charge is 0.242 e. The molecule has 2 aromatic rings. The van der Waals surface area contributed by atoms with Crippen molar-refractivity contribution in [3.8, 4) is 0 Å². The highest BCUT2D eigenvalue weighted by Crippen LogP contribution is 2.38. The molecule has 0 N–H and O–H groups in total. The molecule has 1 aromatic heterocycles. The quantitative estimate of drug-likeness (QED) is 0.352. The molecule has 3 rings (SSSR count). The van der Waals surface area contributed by atoms with E-state index in [-0.39, 0.29) is 35.7 Å². The van der Waals surface area contributed by atoms with Crippen molar-refractivity contribution in [3.05, 3.63) is 56.7 Å². The molecule has 192 valence electrons. The Labute approximate surface area is 219 Å². The highest BCUT2D eigenvalue weighted by Gasteiger charge is 2.34. The lowest BCUT2D eigenvalue weighted by atomic mass is 9.84. The summed E-state index contributed by atoms with van der Waals surface area (Å²) in [6.45, 7) is 10.5. The van der Waals surface area contributed by atoms with E-state index in [1.165, 1.54) is 10.4 Å². The highest BCUT2D eigenvalue weighted by atomic mass is 35.5. The molecule has 1 aliphatic rings. The minimum atomic E-state index is -0.162. The number of halogens is 1. The van der Waals surface area contributed by atoms with E-state index in [1.807, 2.05) is 29.2 Å². The standard InChI is InChI=1S/C28H39ClN2O3S/c1-20(18-28(2,3)4)17-25(32)30(13-6-15-34-5)19-26(33)31-14-11-24-23(12-16-35-24)27(31)21-7-9-22(29)10-8-21/h7-10,12,16,20,27H,6,11,13-15,17-19H2,1-5H3. The van der Waals surface area contributed by atoms with E-state index in [1.54, 1.807) is 23.3 Å². The van der Waals surface area contributed by atoms with Crippen LogP contribution in [-0.2, 0) is 20.7 Å². The Morgan fingerprint density at radius 1 is 1.23 bits per heavy atom. The zero-order valence-electron chi connectivity index (χ0n) is 21.7. The number of ether oxygens (including phenoxy) is 1. The fourth-order valence-corrected chi connectivity index (χ4v) is 6.11. The van der Waals surface area contributed by atoms with Crippen molar-refractivity contribution in [3.63, 3.8) is 0 Å². The minimum absolute atomic E-state index is 0.0176. The van der Waals surface area contributed by atoms with Crippen LogP contribution in [0.3, 0.4) is 0 Å². The lowest BCUT2D eigenvalue weighted by Gasteiger charge is -2.38. The van der Waals surface area contributed by atoms with Gasteiger partial charge in [-0.25, -0.2) is 0 Å². The molecule has 0 saturated carbocycles. The lowest BCUT2D eigenvalue weighted by molar-refractivity contribution is -0.142. The maximum absolute atomic E-state index is 13.7. The number of carbonyl (C=O) groups excluding carboxylic acids is 2. The number of methoxy groups -OCH3 is 1. The van der Waals surface area contributed by atoms with E-state index in [2.05, 4.69) is 39.1 Å². The zero-order valence-corrected chi connectivity index (χ0v) is 23.3. The van der Waals surface area contributed by atoms with Crippen LogP contribution in [0.4, 0.5) is 0 Å². The van der Waals surface area contributed by atoms with E-state index in [0.717, 1.165) is 18.4 Å². The third-order valence-electron chi connectivity index (χ3n) is 6.41. The van der Waals surface area contributed by atoms with E-state index in [0.29, 0.717) is 37.6 Å². The summed E-state index contributed by atoms with van der Waals surface area (Å²) in [4.78, 5) is 32.0. The third kappa shape index (κ3) is 7.80. The summed E-state index contributed by atoms with van der Waals surface area (Å²) >= 11 is 7.88. The summed E-state index contributed by atoms with van der Waals surface area (Å²) < 4.78 is 5.21. The number of thiophene rings is 1. The lowest BCUT2D eigenvalue weighted by Crippen LogP contribution is -2.47. The van der Waals surface area contributed by atoms with Gasteiger partial charge in [-0.15, -0.1) is 11.3 Å². The molecule has 0 bridgehead atoms. The molecule has 2 atom stereocenters. The van der Waals surface area contributed by atoms with Crippen LogP contribution in [0.1, 0.15) is 69.0 Å². The van der Waals surface area contributed by atoms with Crippen LogP contribution in [0.25, 0.3) is 0 Å². The number of nitrogens with zero attached hydrogens (tertiary/aromatic N) is 2. The molecular weight excluding hydrogens is 480 g/mol. The van der Waals surface area contributed by atoms with Crippen LogP contribution in [0.15, 0.2) is 35.7 Å². The third-order valence-corrected chi connectivity index (χ3v) is 7.66. The van der Waals surface area contributed by atoms with Crippen molar-refractivity contribution in [2.75, 3.05) is 33.4 Å². The van der Waals surface area contributed by atoms with E-state index >= 15 is 0 Å². The van der Waals surface area contributed by atoms with Crippen LogP contribution in [0.5, 0.6) is 0 Å². The Balaban J connectivity index is 1.79. The van der Waals surface area contributed by atoms with Gasteiger partial charge in [-0.3, -0.25) is 9.59 Å². The molecule has 0 saturated heterocycles. The topological polar surface area (TPSA) is 49.9 Å². The average Bonchev–Trinajstić information content (AvgIpc) is 3.26. The van der Waals surface area contributed by atoms with E-state index in [9.17, 15) is 9.59 Å². The number of benzene rings is 1. The van der Waals surface area contributed by atoms with Gasteiger partial charge in [-0.1, -0.05) is 51.4 Å². The second-order valence-corrected chi connectivity index (χ2v) is 12.3. The minimum Gasteiger partial charge on any atom is -0.385 e. The van der Waals surface area contributed by atoms with Gasteiger partial charge in [0.1, 0.15) is 0 Å². The van der Waals surface area contributed by atoms with Gasteiger partial charge in [0.05, 0.1) is 12.6 Å². The molecule has 0 radical (unpaired) electrons. The van der Waals surface area contributed by atoms with Crippen LogP contribution >= 0.6 is 22.9 Å². The highest BCUT2D eigenvalue weighted by molar-refractivity contribution is 7.10. The van der Waals surface area contributed by atoms with E-state index in [4.69, 9.17) is 16.3 Å². The SMILES string of the molecule is COCCCN(CC(=O)N1CCc2sccc2C1c1ccc(Cl)cc1)C(=O)CC(C)CC(C)(C)C. The predicted octanol–water partition coefficient (Wildman–Crippen LogP) is 6.20. The van der Waals surface area contributed by atoms with Gasteiger partial charge in [0, 0.05) is 43.1 Å². The van der Waals surface area contributed by atoms with Gasteiger partial charge in [-0.05, 0) is 65.3 Å². The molecular formula is C28H39ClN2O3S. The molecule has 5 nitrogen and oxygen atoms in total. The molecule has 0 fully saturated rings. The maximum Gasteiger partial charge on any atom is 0.242 e. The summed E-state index contributed by atoms with van der Waals surface area (Å²) in [6, 6.07) is 9.69. The van der Waals surface area contributed by atoms with Crippen molar-refractivity contribution in [2.45, 2.75) is 59.4 Å². The van der Waals surface area contributed by atoms with Crippen LogP contribution in [-0.4, -0.2) is 55.0 Å². The van der Waals surface area contributed by atoms with Crippen molar-refractivity contribution < 1.29 is 14.3 Å². The van der Waals surface area contributed by atoms with E-state index < -0.39 is 0 Å². The normalized spacial score (nSPS) is 16.6. The summed E-state index contributed by atoms with van der Waals surface area (Å²) in [5.41, 5.74) is 2.37. The first-order valence-corrected chi connectivity index (χ1v) is 13.7. The largest absolute Gasteiger partial charge is 0.385 e. The molecule has 2 heterocycles.